The molecule has 2 fully saturated rings. The number of amides is 1. The molecule has 0 unspecified atom stereocenters. The van der Waals surface area contributed by atoms with Gasteiger partial charge in [0.1, 0.15) is 0 Å². The Morgan fingerprint density at radius 1 is 1.00 bits per heavy atom. The second-order valence-corrected chi connectivity index (χ2v) is 9.84. The summed E-state index contributed by atoms with van der Waals surface area (Å²) in [7, 11) is -2.01. The second-order valence-electron chi connectivity index (χ2n) is 7.97. The summed E-state index contributed by atoms with van der Waals surface area (Å²) in [6.45, 7) is 4.36. The molecule has 2 aliphatic rings. The van der Waals surface area contributed by atoms with Crippen LogP contribution in [0.1, 0.15) is 35.4 Å². The number of hydrogen-bond donors (Lipinski definition) is 0. The van der Waals surface area contributed by atoms with Gasteiger partial charge >= 0.3 is 0 Å². The largest absolute Gasteiger partial charge is 0.438 e. The van der Waals surface area contributed by atoms with Gasteiger partial charge in [0, 0.05) is 45.5 Å². The summed E-state index contributed by atoms with van der Waals surface area (Å²) in [5.74, 6) is -0.321. The first-order valence-electron chi connectivity index (χ1n) is 10.7. The lowest BCUT2D eigenvalue weighted by atomic mass is 10.1. The summed E-state index contributed by atoms with van der Waals surface area (Å²) >= 11 is 0. The van der Waals surface area contributed by atoms with E-state index in [9.17, 15) is 13.2 Å². The number of sulfonamides is 1. The molecule has 0 N–H and O–H groups in total. The van der Waals surface area contributed by atoms with Gasteiger partial charge in [-0.2, -0.15) is 4.31 Å². The predicted octanol–water partition coefficient (Wildman–Crippen LogP) is 2.56. The van der Waals surface area contributed by atoms with Crippen LogP contribution in [0.4, 0.5) is 5.69 Å². The van der Waals surface area contributed by atoms with Gasteiger partial charge in [0.15, 0.2) is 5.76 Å². The summed E-state index contributed by atoms with van der Waals surface area (Å²) in [6.07, 6.45) is 2.72. The fraction of sp³-hybridized carbons (Fsp3) is 0.500. The monoisotopic (exact) mass is 447 g/mol. The van der Waals surface area contributed by atoms with Gasteiger partial charge in [-0.05, 0) is 36.6 Å². The highest BCUT2D eigenvalue weighted by atomic mass is 32.2. The van der Waals surface area contributed by atoms with E-state index in [-0.39, 0.29) is 16.8 Å². The third-order valence-corrected chi connectivity index (χ3v) is 7.57. The van der Waals surface area contributed by atoms with Crippen molar-refractivity contribution >= 4 is 21.6 Å². The second kappa shape index (κ2) is 9.42. The molecule has 0 aliphatic carbocycles. The number of rotatable bonds is 6. The Bertz CT molecular complexity index is 1010. The van der Waals surface area contributed by atoms with Gasteiger partial charge in [-0.3, -0.25) is 4.79 Å². The van der Waals surface area contributed by atoms with Gasteiger partial charge in [0.25, 0.3) is 15.9 Å². The molecule has 0 bridgehead atoms. The van der Waals surface area contributed by atoms with Crippen molar-refractivity contribution in [2.24, 2.45) is 0 Å². The quantitative estimate of drug-likeness (QED) is 0.677. The van der Waals surface area contributed by atoms with E-state index in [1.165, 1.54) is 16.4 Å². The van der Waals surface area contributed by atoms with E-state index < -0.39 is 10.0 Å². The Balaban J connectivity index is 1.47. The summed E-state index contributed by atoms with van der Waals surface area (Å²) in [6, 6.07) is 10.8. The number of para-hydroxylation sites is 1. The molecular weight excluding hydrogens is 418 g/mol. The van der Waals surface area contributed by atoms with Gasteiger partial charge in [-0.25, -0.2) is 8.42 Å². The highest BCUT2D eigenvalue weighted by Gasteiger charge is 2.30. The Kier molecular flexibility index (Phi) is 6.64. The molecular formula is C22H29N3O5S. The fourth-order valence-corrected chi connectivity index (χ4v) is 5.51. The smallest absolute Gasteiger partial charge is 0.289 e. The number of piperidine rings is 1. The van der Waals surface area contributed by atoms with Crippen molar-refractivity contribution in [3.63, 3.8) is 0 Å². The average molecular weight is 448 g/mol. The van der Waals surface area contributed by atoms with Crippen LogP contribution in [0.5, 0.6) is 0 Å². The first kappa shape index (κ1) is 21.9. The van der Waals surface area contributed by atoms with Crippen LogP contribution in [0.25, 0.3) is 0 Å². The number of carbonyl (C=O) groups excluding carboxylic acids is 1. The van der Waals surface area contributed by atoms with Crippen LogP contribution in [0.15, 0.2) is 45.9 Å². The Hall–Kier alpha value is -2.36. The van der Waals surface area contributed by atoms with Crippen LogP contribution in [-0.2, 0) is 21.3 Å². The topological polar surface area (TPSA) is 83.3 Å². The summed E-state index contributed by atoms with van der Waals surface area (Å²) in [5, 5.41) is -0.167. The van der Waals surface area contributed by atoms with Crippen molar-refractivity contribution < 1.29 is 22.4 Å². The molecule has 0 spiro atoms. The SMILES string of the molecule is CN(Cc1ccccc1N1CCOCC1)C(=O)c1ccc(S(=O)(=O)N2CCCCC2)o1. The van der Waals surface area contributed by atoms with Crippen molar-refractivity contribution in [3.05, 3.63) is 47.7 Å². The van der Waals surface area contributed by atoms with E-state index in [1.54, 1.807) is 11.9 Å². The minimum Gasteiger partial charge on any atom is -0.438 e. The van der Waals surface area contributed by atoms with Crippen LogP contribution >= 0.6 is 0 Å². The molecule has 4 rings (SSSR count). The first-order chi connectivity index (χ1) is 15.0. The highest BCUT2D eigenvalue weighted by molar-refractivity contribution is 7.89. The molecule has 9 heteroatoms. The molecule has 0 atom stereocenters. The standard InChI is InChI=1S/C22H29N3O5S/c1-23(17-18-7-3-4-8-19(18)24-13-15-29-16-14-24)22(26)20-9-10-21(30-20)31(27,28)25-11-5-2-6-12-25/h3-4,7-10H,2,5-6,11-17H2,1H3. The lowest BCUT2D eigenvalue weighted by molar-refractivity contribution is 0.0747. The minimum absolute atomic E-state index is 0.0296. The molecule has 1 aromatic carbocycles. The summed E-state index contributed by atoms with van der Waals surface area (Å²) in [5.41, 5.74) is 2.10. The Morgan fingerprint density at radius 3 is 2.45 bits per heavy atom. The van der Waals surface area contributed by atoms with Crippen molar-refractivity contribution in [3.8, 4) is 0 Å². The van der Waals surface area contributed by atoms with Gasteiger partial charge in [-0.1, -0.05) is 24.6 Å². The number of carbonyl (C=O) groups is 1. The summed E-state index contributed by atoms with van der Waals surface area (Å²) in [4.78, 5) is 16.8. The van der Waals surface area contributed by atoms with Crippen molar-refractivity contribution in [2.45, 2.75) is 30.9 Å². The van der Waals surface area contributed by atoms with Crippen LogP contribution in [0.3, 0.4) is 0 Å². The molecule has 3 heterocycles. The number of furan rings is 1. The van der Waals surface area contributed by atoms with Crippen molar-refractivity contribution in [2.75, 3.05) is 51.3 Å². The first-order valence-corrected chi connectivity index (χ1v) is 12.2. The molecule has 1 aromatic heterocycles. The normalized spacial score (nSPS) is 18.2. The Labute approximate surface area is 183 Å². The molecule has 31 heavy (non-hydrogen) atoms. The van der Waals surface area contributed by atoms with E-state index in [0.717, 1.165) is 43.6 Å². The van der Waals surface area contributed by atoms with E-state index in [0.29, 0.717) is 32.8 Å². The van der Waals surface area contributed by atoms with Crippen molar-refractivity contribution in [1.82, 2.24) is 9.21 Å². The van der Waals surface area contributed by atoms with Crippen LogP contribution in [-0.4, -0.2) is 70.0 Å². The fourth-order valence-electron chi connectivity index (χ4n) is 4.08. The van der Waals surface area contributed by atoms with E-state index in [2.05, 4.69) is 11.0 Å². The minimum atomic E-state index is -3.70. The zero-order valence-electron chi connectivity index (χ0n) is 17.8. The Morgan fingerprint density at radius 2 is 1.71 bits per heavy atom. The third-order valence-electron chi connectivity index (χ3n) is 5.80. The molecule has 1 amide bonds. The average Bonchev–Trinajstić information content (AvgIpc) is 3.31. The highest BCUT2D eigenvalue weighted by Crippen LogP contribution is 2.25. The molecule has 168 valence electrons. The zero-order valence-corrected chi connectivity index (χ0v) is 18.6. The van der Waals surface area contributed by atoms with Gasteiger partial charge in [0.2, 0.25) is 5.09 Å². The lowest BCUT2D eigenvalue weighted by Gasteiger charge is -2.31. The summed E-state index contributed by atoms with van der Waals surface area (Å²) < 4.78 is 38.0. The van der Waals surface area contributed by atoms with Gasteiger partial charge in [0.05, 0.1) is 13.2 Å². The zero-order chi connectivity index (χ0) is 21.8. The molecule has 2 aliphatic heterocycles. The van der Waals surface area contributed by atoms with E-state index >= 15 is 0 Å². The van der Waals surface area contributed by atoms with Gasteiger partial charge < -0.3 is 19.0 Å². The van der Waals surface area contributed by atoms with Crippen LogP contribution < -0.4 is 4.90 Å². The van der Waals surface area contributed by atoms with E-state index in [4.69, 9.17) is 9.15 Å². The molecule has 2 aromatic rings. The number of benzene rings is 1. The van der Waals surface area contributed by atoms with Crippen LogP contribution in [0, 0.1) is 0 Å². The third kappa shape index (κ3) is 4.78. The molecule has 8 nitrogen and oxygen atoms in total. The maximum absolute atomic E-state index is 12.9. The van der Waals surface area contributed by atoms with Crippen molar-refractivity contribution in [1.29, 1.82) is 0 Å². The maximum Gasteiger partial charge on any atom is 0.289 e. The molecule has 0 radical (unpaired) electrons. The van der Waals surface area contributed by atoms with Gasteiger partial charge in [-0.15, -0.1) is 0 Å². The number of nitrogens with zero attached hydrogens (tertiary/aromatic N) is 3. The molecule has 0 saturated carbocycles. The van der Waals surface area contributed by atoms with Crippen LogP contribution in [0.2, 0.25) is 0 Å². The number of ether oxygens (including phenoxy) is 1. The maximum atomic E-state index is 12.9. The number of hydrogen-bond acceptors (Lipinski definition) is 6. The molecule has 2 saturated heterocycles. The lowest BCUT2D eigenvalue weighted by Crippen LogP contribution is -2.37. The number of anilines is 1. The van der Waals surface area contributed by atoms with E-state index in [1.807, 2.05) is 18.2 Å². The predicted molar refractivity (Wildman–Crippen MR) is 117 cm³/mol. The number of morpholine rings is 1.